The number of nitrogens with one attached hydrogen (secondary N) is 3. The number of urea groups is 1. The van der Waals surface area contributed by atoms with Gasteiger partial charge in [-0.1, -0.05) is 26.2 Å². The predicted octanol–water partition coefficient (Wildman–Crippen LogP) is 1.69. The molecule has 0 heterocycles. The van der Waals surface area contributed by atoms with Crippen LogP contribution in [0.15, 0.2) is 29.2 Å². The van der Waals surface area contributed by atoms with Gasteiger partial charge in [0.1, 0.15) is 0 Å². The molecule has 0 radical (unpaired) electrons. The Kier molecular flexibility index (Phi) is 8.15. The van der Waals surface area contributed by atoms with Crippen LogP contribution >= 0.6 is 0 Å². The number of benzene rings is 1. The van der Waals surface area contributed by atoms with Gasteiger partial charge in [-0.25, -0.2) is 22.7 Å². The van der Waals surface area contributed by atoms with Crippen molar-refractivity contribution in [2.75, 3.05) is 6.54 Å². The molecular formula is C19H27N3O6S. The van der Waals surface area contributed by atoms with E-state index >= 15 is 0 Å². The van der Waals surface area contributed by atoms with E-state index in [1.807, 2.05) is 0 Å². The fraction of sp³-hybridized carbons (Fsp3) is 0.526. The first kappa shape index (κ1) is 22.8. The Labute approximate surface area is 170 Å². The van der Waals surface area contributed by atoms with Crippen molar-refractivity contribution in [1.29, 1.82) is 0 Å². The van der Waals surface area contributed by atoms with Crippen LogP contribution in [0.4, 0.5) is 4.79 Å². The number of sulfonamides is 1. The van der Waals surface area contributed by atoms with Gasteiger partial charge in [-0.15, -0.1) is 0 Å². The highest BCUT2D eigenvalue weighted by molar-refractivity contribution is 7.89. The number of hydrogen-bond acceptors (Lipinski definition) is 6. The third kappa shape index (κ3) is 6.82. The van der Waals surface area contributed by atoms with Gasteiger partial charge in [-0.05, 0) is 44.0 Å². The Bertz CT molecular complexity index is 832. The molecule has 0 spiro atoms. The van der Waals surface area contributed by atoms with Crippen molar-refractivity contribution in [3.05, 3.63) is 29.8 Å². The van der Waals surface area contributed by atoms with E-state index in [1.165, 1.54) is 31.2 Å². The topological polar surface area (TPSA) is 131 Å². The quantitative estimate of drug-likeness (QED) is 0.570. The SMILES string of the molecule is CCNS(=O)(=O)c1ccc(C(=O)O[C@H](C)C(=O)NC(=O)NC2CCCCC2)cc1. The van der Waals surface area contributed by atoms with E-state index in [9.17, 15) is 22.8 Å². The summed E-state index contributed by atoms with van der Waals surface area (Å²) in [4.78, 5) is 36.2. The molecule has 1 aliphatic carbocycles. The first-order chi connectivity index (χ1) is 13.7. The number of ether oxygens (including phenoxy) is 1. The molecule has 0 aliphatic heterocycles. The fourth-order valence-electron chi connectivity index (χ4n) is 3.01. The number of carbonyl (C=O) groups excluding carboxylic acids is 3. The normalized spacial score (nSPS) is 15.9. The summed E-state index contributed by atoms with van der Waals surface area (Å²) in [6.45, 7) is 3.25. The van der Waals surface area contributed by atoms with E-state index in [0.717, 1.165) is 32.1 Å². The van der Waals surface area contributed by atoms with E-state index in [-0.39, 0.29) is 23.0 Å². The van der Waals surface area contributed by atoms with E-state index in [2.05, 4.69) is 15.4 Å². The molecule has 3 N–H and O–H groups in total. The van der Waals surface area contributed by atoms with Gasteiger partial charge in [0.05, 0.1) is 10.5 Å². The van der Waals surface area contributed by atoms with Gasteiger partial charge in [0, 0.05) is 12.6 Å². The second kappa shape index (κ2) is 10.4. The molecule has 29 heavy (non-hydrogen) atoms. The second-order valence-electron chi connectivity index (χ2n) is 6.87. The molecule has 0 aromatic heterocycles. The van der Waals surface area contributed by atoms with Gasteiger partial charge in [0.15, 0.2) is 6.10 Å². The average Bonchev–Trinajstić information content (AvgIpc) is 2.68. The van der Waals surface area contributed by atoms with Crippen LogP contribution in [0.2, 0.25) is 0 Å². The summed E-state index contributed by atoms with van der Waals surface area (Å²) in [6, 6.07) is 4.59. The zero-order chi connectivity index (χ0) is 21.4. The molecule has 1 aromatic rings. The largest absolute Gasteiger partial charge is 0.449 e. The first-order valence-corrected chi connectivity index (χ1v) is 11.1. The maximum absolute atomic E-state index is 12.2. The van der Waals surface area contributed by atoms with E-state index in [1.54, 1.807) is 6.92 Å². The fourth-order valence-corrected chi connectivity index (χ4v) is 4.05. The summed E-state index contributed by atoms with van der Waals surface area (Å²) in [5.41, 5.74) is 0.0896. The first-order valence-electron chi connectivity index (χ1n) is 9.65. The van der Waals surface area contributed by atoms with Crippen LogP contribution in [0.3, 0.4) is 0 Å². The molecule has 2 rings (SSSR count). The van der Waals surface area contributed by atoms with Crippen LogP contribution in [-0.4, -0.2) is 45.0 Å². The highest BCUT2D eigenvalue weighted by Crippen LogP contribution is 2.17. The minimum absolute atomic E-state index is 0.0149. The Morgan fingerprint density at radius 1 is 1.10 bits per heavy atom. The molecule has 0 saturated heterocycles. The van der Waals surface area contributed by atoms with Crippen LogP contribution in [0.25, 0.3) is 0 Å². The van der Waals surface area contributed by atoms with Gasteiger partial charge in [-0.2, -0.15) is 0 Å². The number of rotatable bonds is 7. The maximum Gasteiger partial charge on any atom is 0.338 e. The molecule has 1 saturated carbocycles. The van der Waals surface area contributed by atoms with Gasteiger partial charge in [0.2, 0.25) is 10.0 Å². The average molecular weight is 426 g/mol. The number of esters is 1. The molecule has 10 heteroatoms. The molecule has 1 atom stereocenters. The van der Waals surface area contributed by atoms with Crippen LogP contribution in [0.1, 0.15) is 56.3 Å². The molecular weight excluding hydrogens is 398 g/mol. The molecule has 1 aromatic carbocycles. The highest BCUT2D eigenvalue weighted by Gasteiger charge is 2.23. The zero-order valence-corrected chi connectivity index (χ0v) is 17.4. The minimum atomic E-state index is -3.63. The number of amides is 3. The van der Waals surface area contributed by atoms with Crippen molar-refractivity contribution in [1.82, 2.24) is 15.4 Å². The number of hydrogen-bond donors (Lipinski definition) is 3. The lowest BCUT2D eigenvalue weighted by Gasteiger charge is -2.23. The van der Waals surface area contributed by atoms with Crippen molar-refractivity contribution in [3.8, 4) is 0 Å². The zero-order valence-electron chi connectivity index (χ0n) is 16.6. The van der Waals surface area contributed by atoms with E-state index in [0.29, 0.717) is 0 Å². The number of carbonyl (C=O) groups is 3. The van der Waals surface area contributed by atoms with Crippen LogP contribution in [-0.2, 0) is 19.6 Å². The molecule has 3 amide bonds. The molecule has 1 fully saturated rings. The summed E-state index contributed by atoms with van der Waals surface area (Å²) in [7, 11) is -3.63. The smallest absolute Gasteiger partial charge is 0.338 e. The monoisotopic (exact) mass is 425 g/mol. The third-order valence-electron chi connectivity index (χ3n) is 4.56. The summed E-state index contributed by atoms with van der Waals surface area (Å²) in [6.07, 6.45) is 3.80. The van der Waals surface area contributed by atoms with Crippen molar-refractivity contribution in [2.45, 2.75) is 63.0 Å². The molecule has 0 unspecified atom stereocenters. The lowest BCUT2D eigenvalue weighted by molar-refractivity contribution is -0.127. The standard InChI is InChI=1S/C19H27N3O6S/c1-3-20-29(26,27)16-11-9-14(10-12-16)18(24)28-13(2)17(23)22-19(25)21-15-7-5-4-6-8-15/h9-13,15,20H,3-8H2,1-2H3,(H2,21,22,23,25)/t13-/m1/s1. The van der Waals surface area contributed by atoms with Crippen LogP contribution in [0.5, 0.6) is 0 Å². The molecule has 160 valence electrons. The lowest BCUT2D eigenvalue weighted by Crippen LogP contribution is -2.48. The van der Waals surface area contributed by atoms with E-state index < -0.39 is 34.0 Å². The molecule has 1 aliphatic rings. The van der Waals surface area contributed by atoms with Crippen molar-refractivity contribution >= 4 is 27.9 Å². The number of imide groups is 1. The van der Waals surface area contributed by atoms with Gasteiger partial charge in [0.25, 0.3) is 5.91 Å². The van der Waals surface area contributed by atoms with Crippen molar-refractivity contribution in [3.63, 3.8) is 0 Å². The Morgan fingerprint density at radius 3 is 2.31 bits per heavy atom. The van der Waals surface area contributed by atoms with Crippen LogP contribution < -0.4 is 15.4 Å². The Balaban J connectivity index is 1.87. The lowest BCUT2D eigenvalue weighted by atomic mass is 9.96. The Hall–Kier alpha value is -2.46. The van der Waals surface area contributed by atoms with Gasteiger partial charge in [-0.3, -0.25) is 10.1 Å². The van der Waals surface area contributed by atoms with E-state index in [4.69, 9.17) is 4.74 Å². The van der Waals surface area contributed by atoms with Gasteiger partial charge >= 0.3 is 12.0 Å². The maximum atomic E-state index is 12.2. The molecule has 0 bridgehead atoms. The minimum Gasteiger partial charge on any atom is -0.449 e. The summed E-state index contributed by atoms with van der Waals surface area (Å²) in [5, 5.41) is 4.92. The Morgan fingerprint density at radius 2 is 1.72 bits per heavy atom. The van der Waals surface area contributed by atoms with Gasteiger partial charge < -0.3 is 10.1 Å². The second-order valence-corrected chi connectivity index (χ2v) is 8.64. The summed E-state index contributed by atoms with van der Waals surface area (Å²) >= 11 is 0. The molecule has 9 nitrogen and oxygen atoms in total. The van der Waals surface area contributed by atoms with Crippen molar-refractivity contribution in [2.24, 2.45) is 0 Å². The predicted molar refractivity (Wildman–Crippen MR) is 106 cm³/mol. The van der Waals surface area contributed by atoms with Crippen LogP contribution in [0, 0.1) is 0 Å². The third-order valence-corrected chi connectivity index (χ3v) is 6.13. The highest BCUT2D eigenvalue weighted by atomic mass is 32.2. The van der Waals surface area contributed by atoms with Crippen molar-refractivity contribution < 1.29 is 27.5 Å². The summed E-state index contributed by atoms with van der Waals surface area (Å²) < 4.78 is 31.2. The summed E-state index contributed by atoms with van der Waals surface area (Å²) in [5.74, 6) is -1.54.